The molecular weight excluding hydrogens is 279 g/mol. The molecule has 0 aliphatic heterocycles. The maximum absolute atomic E-state index is 13.4. The molecule has 0 fully saturated rings. The van der Waals surface area contributed by atoms with Crippen molar-refractivity contribution in [2.45, 2.75) is 0 Å². The molecule has 0 heterocycles. The molecule has 0 aliphatic carbocycles. The lowest BCUT2D eigenvalue weighted by molar-refractivity contribution is 0.0697. The molecule has 0 unspecified atom stereocenters. The molecule has 3 heteroatoms. The van der Waals surface area contributed by atoms with Crippen molar-refractivity contribution >= 4 is 5.97 Å². The van der Waals surface area contributed by atoms with Gasteiger partial charge in [-0.2, -0.15) is 0 Å². The highest BCUT2D eigenvalue weighted by atomic mass is 19.1. The van der Waals surface area contributed by atoms with Crippen LogP contribution in [0.1, 0.15) is 10.4 Å². The van der Waals surface area contributed by atoms with Crippen LogP contribution in [0.15, 0.2) is 72.8 Å². The van der Waals surface area contributed by atoms with Crippen molar-refractivity contribution in [2.75, 3.05) is 0 Å². The van der Waals surface area contributed by atoms with Crippen molar-refractivity contribution in [2.24, 2.45) is 0 Å². The summed E-state index contributed by atoms with van der Waals surface area (Å²) in [6.07, 6.45) is 0. The fourth-order valence-corrected chi connectivity index (χ4v) is 2.41. The molecule has 0 amide bonds. The van der Waals surface area contributed by atoms with Gasteiger partial charge in [-0.05, 0) is 40.5 Å². The predicted molar refractivity (Wildman–Crippen MR) is 84.2 cm³/mol. The van der Waals surface area contributed by atoms with Crippen LogP contribution in [0.2, 0.25) is 0 Å². The van der Waals surface area contributed by atoms with Gasteiger partial charge in [0.2, 0.25) is 0 Å². The lowest BCUT2D eigenvalue weighted by Crippen LogP contribution is -2.00. The van der Waals surface area contributed by atoms with Crippen LogP contribution < -0.4 is 0 Å². The largest absolute Gasteiger partial charge is 0.478 e. The van der Waals surface area contributed by atoms with E-state index in [4.69, 9.17) is 0 Å². The highest BCUT2D eigenvalue weighted by Gasteiger charge is 2.12. The molecule has 0 radical (unpaired) electrons. The lowest BCUT2D eigenvalue weighted by Gasteiger charge is -2.08. The number of hydrogen-bond donors (Lipinski definition) is 1. The predicted octanol–water partition coefficient (Wildman–Crippen LogP) is 4.86. The number of halogens is 1. The van der Waals surface area contributed by atoms with Gasteiger partial charge in [-0.15, -0.1) is 0 Å². The third kappa shape index (κ3) is 2.74. The van der Waals surface area contributed by atoms with Crippen LogP contribution in [0.25, 0.3) is 22.3 Å². The Morgan fingerprint density at radius 2 is 1.36 bits per heavy atom. The van der Waals surface area contributed by atoms with E-state index in [1.165, 1.54) is 12.1 Å². The maximum atomic E-state index is 13.4. The molecule has 0 spiro atoms. The summed E-state index contributed by atoms with van der Waals surface area (Å²) in [5, 5.41) is 9.23. The minimum atomic E-state index is -1.07. The Bertz CT molecular complexity index is 809. The van der Waals surface area contributed by atoms with E-state index in [2.05, 4.69) is 0 Å². The first-order chi connectivity index (χ1) is 10.6. The zero-order valence-corrected chi connectivity index (χ0v) is 11.7. The second-order valence-corrected chi connectivity index (χ2v) is 4.94. The van der Waals surface area contributed by atoms with E-state index in [0.29, 0.717) is 11.1 Å². The van der Waals surface area contributed by atoms with Crippen LogP contribution in [0.3, 0.4) is 0 Å². The quantitative estimate of drug-likeness (QED) is 0.748. The van der Waals surface area contributed by atoms with Crippen LogP contribution in [0.4, 0.5) is 4.39 Å². The van der Waals surface area contributed by atoms with Gasteiger partial charge in [0.15, 0.2) is 0 Å². The number of rotatable bonds is 3. The monoisotopic (exact) mass is 292 g/mol. The summed E-state index contributed by atoms with van der Waals surface area (Å²) in [6, 6.07) is 21.0. The molecule has 3 aromatic rings. The average molecular weight is 292 g/mol. The van der Waals surface area contributed by atoms with E-state index in [-0.39, 0.29) is 5.56 Å². The number of carboxylic acids is 1. The Morgan fingerprint density at radius 1 is 0.773 bits per heavy atom. The van der Waals surface area contributed by atoms with E-state index in [0.717, 1.165) is 17.2 Å². The highest BCUT2D eigenvalue weighted by molar-refractivity contribution is 5.96. The first-order valence-electron chi connectivity index (χ1n) is 6.84. The molecule has 0 aliphatic rings. The van der Waals surface area contributed by atoms with Gasteiger partial charge in [0, 0.05) is 0 Å². The lowest BCUT2D eigenvalue weighted by atomic mass is 9.97. The molecule has 1 N–H and O–H groups in total. The third-order valence-corrected chi connectivity index (χ3v) is 3.52. The summed E-state index contributed by atoms with van der Waals surface area (Å²) in [5.74, 6) is -1.52. The summed E-state index contributed by atoms with van der Waals surface area (Å²) in [6.45, 7) is 0. The average Bonchev–Trinajstić information content (AvgIpc) is 2.55. The number of carboxylic acid groups (broad SMARTS) is 1. The summed E-state index contributed by atoms with van der Waals surface area (Å²) in [4.78, 5) is 11.3. The Labute approximate surface area is 127 Å². The van der Waals surface area contributed by atoms with Gasteiger partial charge in [0.05, 0.1) is 5.56 Å². The topological polar surface area (TPSA) is 37.3 Å². The van der Waals surface area contributed by atoms with Crippen molar-refractivity contribution in [3.63, 3.8) is 0 Å². The Balaban J connectivity index is 2.04. The minimum Gasteiger partial charge on any atom is -0.478 e. The number of aromatic carboxylic acids is 1. The third-order valence-electron chi connectivity index (χ3n) is 3.52. The van der Waals surface area contributed by atoms with E-state index in [1.807, 2.05) is 54.6 Å². The van der Waals surface area contributed by atoms with Gasteiger partial charge in [0.25, 0.3) is 0 Å². The van der Waals surface area contributed by atoms with Gasteiger partial charge >= 0.3 is 5.97 Å². The molecule has 0 bridgehead atoms. The zero-order chi connectivity index (χ0) is 15.5. The zero-order valence-electron chi connectivity index (χ0n) is 11.7. The van der Waals surface area contributed by atoms with Gasteiger partial charge in [-0.25, -0.2) is 9.18 Å². The molecule has 0 saturated carbocycles. The Kier molecular flexibility index (Phi) is 3.71. The summed E-state index contributed by atoms with van der Waals surface area (Å²) < 4.78 is 13.4. The molecular formula is C19H13FO2. The fourth-order valence-electron chi connectivity index (χ4n) is 2.41. The van der Waals surface area contributed by atoms with Crippen molar-refractivity contribution in [1.82, 2.24) is 0 Å². The molecule has 108 valence electrons. The van der Waals surface area contributed by atoms with Gasteiger partial charge < -0.3 is 5.11 Å². The molecule has 3 aromatic carbocycles. The number of hydrogen-bond acceptors (Lipinski definition) is 1. The molecule has 22 heavy (non-hydrogen) atoms. The highest BCUT2D eigenvalue weighted by Crippen LogP contribution is 2.28. The number of benzene rings is 3. The number of carbonyl (C=O) groups is 1. The van der Waals surface area contributed by atoms with Crippen molar-refractivity contribution in [1.29, 1.82) is 0 Å². The van der Waals surface area contributed by atoms with Gasteiger partial charge in [-0.3, -0.25) is 0 Å². The summed E-state index contributed by atoms with van der Waals surface area (Å²) in [5.41, 5.74) is 3.25. The second kappa shape index (κ2) is 5.82. The smallest absolute Gasteiger partial charge is 0.336 e. The van der Waals surface area contributed by atoms with Crippen molar-refractivity contribution < 1.29 is 14.3 Å². The second-order valence-electron chi connectivity index (χ2n) is 4.94. The van der Waals surface area contributed by atoms with Crippen LogP contribution in [0.5, 0.6) is 0 Å². The maximum Gasteiger partial charge on any atom is 0.336 e. The van der Waals surface area contributed by atoms with E-state index < -0.39 is 11.8 Å². The van der Waals surface area contributed by atoms with Gasteiger partial charge in [-0.1, -0.05) is 54.6 Å². The van der Waals surface area contributed by atoms with Crippen molar-refractivity contribution in [3.8, 4) is 22.3 Å². The van der Waals surface area contributed by atoms with Gasteiger partial charge in [0.1, 0.15) is 5.82 Å². The molecule has 0 aromatic heterocycles. The normalized spacial score (nSPS) is 10.4. The van der Waals surface area contributed by atoms with Crippen LogP contribution in [0, 0.1) is 5.82 Å². The SMILES string of the molecule is O=C(O)c1ccc(F)cc1-c1ccc(-c2ccccc2)cc1. The fraction of sp³-hybridized carbons (Fsp3) is 0. The molecule has 3 rings (SSSR count). The van der Waals surface area contributed by atoms with E-state index >= 15 is 0 Å². The standard InChI is InChI=1S/C19H13FO2/c20-16-10-11-17(19(21)22)18(12-16)15-8-6-14(7-9-15)13-4-2-1-3-5-13/h1-12H,(H,21,22). The summed E-state index contributed by atoms with van der Waals surface area (Å²) in [7, 11) is 0. The first kappa shape index (κ1) is 14.0. The first-order valence-corrected chi connectivity index (χ1v) is 6.84. The van der Waals surface area contributed by atoms with Crippen molar-refractivity contribution in [3.05, 3.63) is 84.2 Å². The Morgan fingerprint density at radius 3 is 2.00 bits per heavy atom. The summed E-state index contributed by atoms with van der Waals surface area (Å²) >= 11 is 0. The van der Waals surface area contributed by atoms with Crippen LogP contribution in [-0.4, -0.2) is 11.1 Å². The minimum absolute atomic E-state index is 0.0915. The van der Waals surface area contributed by atoms with Crippen LogP contribution >= 0.6 is 0 Å². The molecule has 0 saturated heterocycles. The van der Waals surface area contributed by atoms with Crippen LogP contribution in [-0.2, 0) is 0 Å². The molecule has 0 atom stereocenters. The molecule has 2 nitrogen and oxygen atoms in total. The Hall–Kier alpha value is -2.94. The van der Waals surface area contributed by atoms with E-state index in [1.54, 1.807) is 0 Å². The van der Waals surface area contributed by atoms with E-state index in [9.17, 15) is 14.3 Å².